The summed E-state index contributed by atoms with van der Waals surface area (Å²) in [4.78, 5) is 22.7. The number of amides is 1. The predicted octanol–water partition coefficient (Wildman–Crippen LogP) is 4.99. The maximum Gasteiger partial charge on any atom is 0.249 e. The molecule has 1 unspecified atom stereocenters. The molecule has 2 heterocycles. The molecule has 1 aromatic rings. The number of aliphatic imine (C=N–C) groups is 1. The summed E-state index contributed by atoms with van der Waals surface area (Å²) in [6.07, 6.45) is 9.65. The Kier molecular flexibility index (Phi) is 5.38. The molecule has 1 atom stereocenters. The first kappa shape index (κ1) is 19.0. The van der Waals surface area contributed by atoms with Crippen LogP contribution < -0.4 is 0 Å². The molecule has 28 heavy (non-hydrogen) atoms. The van der Waals surface area contributed by atoms with Gasteiger partial charge in [0.15, 0.2) is 5.84 Å². The van der Waals surface area contributed by atoms with Crippen LogP contribution in [0.1, 0.15) is 64.4 Å². The normalized spacial score (nSPS) is 23.5. The van der Waals surface area contributed by atoms with Gasteiger partial charge in [0.05, 0.1) is 11.4 Å². The molecule has 0 radical (unpaired) electrons. The Labute approximate surface area is 168 Å². The van der Waals surface area contributed by atoms with E-state index in [2.05, 4.69) is 49.1 Å². The highest BCUT2D eigenvalue weighted by Gasteiger charge is 2.43. The van der Waals surface area contributed by atoms with Gasteiger partial charge >= 0.3 is 0 Å². The molecule has 4 heteroatoms. The minimum atomic E-state index is -0.107. The third-order valence-electron chi connectivity index (χ3n) is 6.46. The monoisotopic (exact) mass is 377 g/mol. The molecule has 1 amide bonds. The van der Waals surface area contributed by atoms with Crippen LogP contribution in [0.25, 0.3) is 5.70 Å². The summed E-state index contributed by atoms with van der Waals surface area (Å²) in [6.45, 7) is 4.32. The Morgan fingerprint density at radius 3 is 2.46 bits per heavy atom. The van der Waals surface area contributed by atoms with Crippen molar-refractivity contribution >= 4 is 17.4 Å². The van der Waals surface area contributed by atoms with Crippen LogP contribution in [-0.4, -0.2) is 40.7 Å². The van der Waals surface area contributed by atoms with Crippen LogP contribution >= 0.6 is 0 Å². The van der Waals surface area contributed by atoms with Crippen molar-refractivity contribution in [2.45, 2.75) is 70.9 Å². The van der Waals surface area contributed by atoms with E-state index in [1.165, 1.54) is 24.0 Å². The number of piperazine rings is 1. The van der Waals surface area contributed by atoms with Crippen molar-refractivity contribution in [1.82, 2.24) is 9.80 Å². The SMILES string of the molecule is CCC1=C(c2ccccc2)N=C2C(=CC1)N(C)C(=O)C(CC)N2C1CCCC1. The van der Waals surface area contributed by atoms with E-state index in [1.807, 2.05) is 18.0 Å². The highest BCUT2D eigenvalue weighted by atomic mass is 16.2. The molecule has 148 valence electrons. The number of rotatable bonds is 4. The third kappa shape index (κ3) is 3.19. The second kappa shape index (κ2) is 7.94. The molecule has 3 aliphatic rings. The molecular formula is C24H31N3O. The molecule has 4 rings (SSSR count). The quantitative estimate of drug-likeness (QED) is 0.741. The lowest BCUT2D eigenvalue weighted by atomic mass is 10.0. The number of benzene rings is 1. The van der Waals surface area contributed by atoms with Crippen LogP contribution in [0, 0.1) is 0 Å². The second-order valence-corrected chi connectivity index (χ2v) is 8.07. The van der Waals surface area contributed by atoms with E-state index < -0.39 is 0 Å². The second-order valence-electron chi connectivity index (χ2n) is 8.07. The molecule has 0 spiro atoms. The molecule has 2 fully saturated rings. The van der Waals surface area contributed by atoms with Crippen molar-refractivity contribution in [3.8, 4) is 0 Å². The van der Waals surface area contributed by atoms with Gasteiger partial charge in [0, 0.05) is 18.7 Å². The Morgan fingerprint density at radius 1 is 1.11 bits per heavy atom. The zero-order valence-electron chi connectivity index (χ0n) is 17.3. The van der Waals surface area contributed by atoms with Crippen molar-refractivity contribution in [2.75, 3.05) is 7.05 Å². The van der Waals surface area contributed by atoms with Gasteiger partial charge in [-0.05, 0) is 37.7 Å². The number of amidine groups is 1. The van der Waals surface area contributed by atoms with Gasteiger partial charge in [0.25, 0.3) is 0 Å². The maximum atomic E-state index is 13.2. The third-order valence-corrected chi connectivity index (χ3v) is 6.46. The van der Waals surface area contributed by atoms with E-state index in [-0.39, 0.29) is 11.9 Å². The zero-order valence-corrected chi connectivity index (χ0v) is 17.3. The molecule has 0 bridgehead atoms. The highest BCUT2D eigenvalue weighted by Crippen LogP contribution is 2.36. The minimum Gasteiger partial charge on any atom is -0.340 e. The molecule has 2 aliphatic heterocycles. The molecule has 1 aliphatic carbocycles. The lowest BCUT2D eigenvalue weighted by molar-refractivity contribution is -0.134. The number of allylic oxidation sites excluding steroid dienone is 2. The first-order valence-corrected chi connectivity index (χ1v) is 10.8. The van der Waals surface area contributed by atoms with Crippen LogP contribution in [-0.2, 0) is 4.79 Å². The smallest absolute Gasteiger partial charge is 0.249 e. The average Bonchev–Trinajstić information content (AvgIpc) is 3.18. The summed E-state index contributed by atoms with van der Waals surface area (Å²) < 4.78 is 0. The van der Waals surface area contributed by atoms with Crippen LogP contribution in [0.4, 0.5) is 0 Å². The van der Waals surface area contributed by atoms with Crippen molar-refractivity contribution in [2.24, 2.45) is 4.99 Å². The van der Waals surface area contributed by atoms with Gasteiger partial charge in [-0.25, -0.2) is 4.99 Å². The Balaban J connectivity index is 1.88. The molecule has 4 nitrogen and oxygen atoms in total. The maximum absolute atomic E-state index is 13.2. The molecular weight excluding hydrogens is 346 g/mol. The standard InChI is InChI=1S/C24H31N3O/c1-4-17-15-16-21-23(25-22(17)18-11-7-6-8-12-18)27(19-13-9-10-14-19)20(5-2)24(28)26(21)3/h6-8,11-12,16,19-20H,4-5,9-10,13-15H2,1-3H3. The Hall–Kier alpha value is -2.36. The summed E-state index contributed by atoms with van der Waals surface area (Å²) >= 11 is 0. The molecule has 0 aromatic heterocycles. The summed E-state index contributed by atoms with van der Waals surface area (Å²) in [6, 6.07) is 10.8. The van der Waals surface area contributed by atoms with E-state index in [4.69, 9.17) is 4.99 Å². The topological polar surface area (TPSA) is 35.9 Å². The average molecular weight is 378 g/mol. The molecule has 1 saturated carbocycles. The van der Waals surface area contributed by atoms with Gasteiger partial charge in [-0.2, -0.15) is 0 Å². The van der Waals surface area contributed by atoms with Crippen LogP contribution in [0.3, 0.4) is 0 Å². The van der Waals surface area contributed by atoms with E-state index >= 15 is 0 Å². The van der Waals surface area contributed by atoms with E-state index in [0.29, 0.717) is 6.04 Å². The zero-order chi connectivity index (χ0) is 19.7. The van der Waals surface area contributed by atoms with Crippen molar-refractivity contribution in [1.29, 1.82) is 0 Å². The molecule has 1 saturated heterocycles. The number of fused-ring (bicyclic) bond motifs is 1. The van der Waals surface area contributed by atoms with E-state index in [9.17, 15) is 4.79 Å². The number of hydrogen-bond acceptors (Lipinski definition) is 3. The molecule has 1 aromatic carbocycles. The van der Waals surface area contributed by atoms with Gasteiger partial charge in [0.1, 0.15) is 6.04 Å². The van der Waals surface area contributed by atoms with Crippen molar-refractivity contribution in [3.63, 3.8) is 0 Å². The lowest BCUT2D eigenvalue weighted by Crippen LogP contribution is -2.60. The number of carbonyl (C=O) groups excluding carboxylic acids is 1. The van der Waals surface area contributed by atoms with Gasteiger partial charge in [0.2, 0.25) is 5.91 Å². The Bertz CT molecular complexity index is 831. The van der Waals surface area contributed by atoms with Crippen molar-refractivity contribution in [3.05, 3.63) is 53.2 Å². The minimum absolute atomic E-state index is 0.107. The van der Waals surface area contributed by atoms with Crippen LogP contribution in [0.5, 0.6) is 0 Å². The predicted molar refractivity (Wildman–Crippen MR) is 115 cm³/mol. The summed E-state index contributed by atoms with van der Waals surface area (Å²) in [5.41, 5.74) is 4.57. The van der Waals surface area contributed by atoms with Gasteiger partial charge in [-0.3, -0.25) is 4.79 Å². The van der Waals surface area contributed by atoms with E-state index in [1.54, 1.807) is 0 Å². The fourth-order valence-corrected chi connectivity index (χ4v) is 4.89. The summed E-state index contributed by atoms with van der Waals surface area (Å²) in [7, 11) is 1.91. The van der Waals surface area contributed by atoms with Crippen LogP contribution in [0.2, 0.25) is 0 Å². The van der Waals surface area contributed by atoms with Gasteiger partial charge in [-0.1, -0.05) is 63.1 Å². The number of nitrogens with zero attached hydrogens (tertiary/aromatic N) is 3. The largest absolute Gasteiger partial charge is 0.340 e. The first-order valence-electron chi connectivity index (χ1n) is 10.8. The molecule has 0 N–H and O–H groups in total. The highest BCUT2D eigenvalue weighted by molar-refractivity contribution is 6.09. The number of carbonyl (C=O) groups is 1. The summed E-state index contributed by atoms with van der Waals surface area (Å²) in [5.74, 6) is 1.21. The number of likely N-dealkylation sites (N-methyl/N-ethyl adjacent to an activating group) is 1. The van der Waals surface area contributed by atoms with Gasteiger partial charge < -0.3 is 9.80 Å². The first-order chi connectivity index (χ1) is 13.7. The fraction of sp³-hybridized carbons (Fsp3) is 0.500. The Morgan fingerprint density at radius 2 is 1.82 bits per heavy atom. The van der Waals surface area contributed by atoms with Crippen molar-refractivity contribution < 1.29 is 4.79 Å². The lowest BCUT2D eigenvalue weighted by Gasteiger charge is -2.45. The van der Waals surface area contributed by atoms with Crippen LogP contribution in [0.15, 0.2) is 52.7 Å². The fourth-order valence-electron chi connectivity index (χ4n) is 4.89. The summed E-state index contributed by atoms with van der Waals surface area (Å²) in [5, 5.41) is 0. The van der Waals surface area contributed by atoms with E-state index in [0.717, 1.165) is 49.3 Å². The number of hydrogen-bond donors (Lipinski definition) is 0. The van der Waals surface area contributed by atoms with Gasteiger partial charge in [-0.15, -0.1) is 0 Å².